The second-order valence-electron chi connectivity index (χ2n) is 6.47. The van der Waals surface area contributed by atoms with Crippen molar-refractivity contribution in [2.75, 3.05) is 29.1 Å². The van der Waals surface area contributed by atoms with Crippen LogP contribution in [0.5, 0.6) is 0 Å². The standard InChI is InChI=1S/C20H20ClN5OS/c21-16-10-4-5-11-17(16)26-19(25-12-6-7-13-25)23-24-20(26)28-14-18(27)22-15-8-2-1-3-9-15/h1-5,8-11H,6-7,12-14H2,(H,22,27). The van der Waals surface area contributed by atoms with Gasteiger partial charge in [0.15, 0.2) is 5.16 Å². The molecule has 2 aromatic carbocycles. The van der Waals surface area contributed by atoms with Crippen molar-refractivity contribution in [1.29, 1.82) is 0 Å². The minimum absolute atomic E-state index is 0.0902. The third-order valence-corrected chi connectivity index (χ3v) is 5.74. The molecule has 1 amide bonds. The van der Waals surface area contributed by atoms with Crippen molar-refractivity contribution in [3.63, 3.8) is 0 Å². The predicted octanol–water partition coefficient (Wildman–Crippen LogP) is 4.25. The van der Waals surface area contributed by atoms with Crippen LogP contribution in [0, 0.1) is 0 Å². The Kier molecular flexibility index (Phi) is 5.83. The van der Waals surface area contributed by atoms with E-state index in [9.17, 15) is 4.79 Å². The topological polar surface area (TPSA) is 63.1 Å². The number of anilines is 2. The Balaban J connectivity index is 1.56. The fourth-order valence-electron chi connectivity index (χ4n) is 3.17. The molecule has 0 radical (unpaired) electrons. The highest BCUT2D eigenvalue weighted by Gasteiger charge is 2.23. The first-order chi connectivity index (χ1) is 13.7. The van der Waals surface area contributed by atoms with Crippen LogP contribution in [0.4, 0.5) is 11.6 Å². The number of amides is 1. The molecular weight excluding hydrogens is 394 g/mol. The van der Waals surface area contributed by atoms with Crippen LogP contribution in [0.3, 0.4) is 0 Å². The monoisotopic (exact) mass is 413 g/mol. The smallest absolute Gasteiger partial charge is 0.234 e. The van der Waals surface area contributed by atoms with Gasteiger partial charge in [-0.15, -0.1) is 10.2 Å². The molecule has 1 aliphatic heterocycles. The highest BCUT2D eigenvalue weighted by molar-refractivity contribution is 7.99. The van der Waals surface area contributed by atoms with Crippen molar-refractivity contribution in [3.8, 4) is 5.69 Å². The third-order valence-electron chi connectivity index (χ3n) is 4.49. The first-order valence-electron chi connectivity index (χ1n) is 9.15. The van der Waals surface area contributed by atoms with Crippen LogP contribution in [0.25, 0.3) is 5.69 Å². The number of nitrogens with zero attached hydrogens (tertiary/aromatic N) is 4. The Labute approximate surface area is 172 Å². The van der Waals surface area contributed by atoms with Gasteiger partial charge < -0.3 is 10.2 Å². The van der Waals surface area contributed by atoms with Gasteiger partial charge in [-0.05, 0) is 37.1 Å². The van der Waals surface area contributed by atoms with E-state index in [1.54, 1.807) is 0 Å². The zero-order chi connectivity index (χ0) is 19.3. The molecule has 0 bridgehead atoms. The highest BCUT2D eigenvalue weighted by Crippen LogP contribution is 2.31. The Morgan fingerprint density at radius 2 is 1.75 bits per heavy atom. The van der Waals surface area contributed by atoms with Gasteiger partial charge in [0.1, 0.15) is 0 Å². The maximum Gasteiger partial charge on any atom is 0.234 e. The van der Waals surface area contributed by atoms with Gasteiger partial charge in [0.05, 0.1) is 16.5 Å². The van der Waals surface area contributed by atoms with Crippen LogP contribution in [0.1, 0.15) is 12.8 Å². The summed E-state index contributed by atoms with van der Waals surface area (Å²) in [6, 6.07) is 17.0. The largest absolute Gasteiger partial charge is 0.341 e. The molecule has 1 N–H and O–H groups in total. The number of hydrogen-bond donors (Lipinski definition) is 1. The van der Waals surface area contributed by atoms with Gasteiger partial charge in [0, 0.05) is 18.8 Å². The number of carbonyl (C=O) groups is 1. The number of carbonyl (C=O) groups excluding carboxylic acids is 1. The van der Waals surface area contributed by atoms with E-state index in [4.69, 9.17) is 11.6 Å². The number of nitrogens with one attached hydrogen (secondary N) is 1. The van der Waals surface area contributed by atoms with Crippen LogP contribution in [0.15, 0.2) is 59.8 Å². The highest BCUT2D eigenvalue weighted by atomic mass is 35.5. The fraction of sp³-hybridized carbons (Fsp3) is 0.250. The van der Waals surface area contributed by atoms with Gasteiger partial charge in [-0.3, -0.25) is 9.36 Å². The van der Waals surface area contributed by atoms with Crippen molar-refractivity contribution in [2.24, 2.45) is 0 Å². The molecule has 0 atom stereocenters. The Hall–Kier alpha value is -2.51. The minimum atomic E-state index is -0.0902. The van der Waals surface area contributed by atoms with Gasteiger partial charge >= 0.3 is 0 Å². The van der Waals surface area contributed by atoms with E-state index in [0.717, 1.165) is 43.3 Å². The van der Waals surface area contributed by atoms with E-state index in [0.29, 0.717) is 10.2 Å². The van der Waals surface area contributed by atoms with Crippen LogP contribution in [0.2, 0.25) is 5.02 Å². The molecule has 1 saturated heterocycles. The summed E-state index contributed by atoms with van der Waals surface area (Å²) in [6.45, 7) is 1.89. The molecule has 8 heteroatoms. The van der Waals surface area contributed by atoms with Crippen molar-refractivity contribution in [2.45, 2.75) is 18.0 Å². The summed E-state index contributed by atoms with van der Waals surface area (Å²) >= 11 is 7.80. The first kappa shape index (κ1) is 18.8. The summed E-state index contributed by atoms with van der Waals surface area (Å²) in [4.78, 5) is 14.6. The van der Waals surface area contributed by atoms with Crippen molar-refractivity contribution in [1.82, 2.24) is 14.8 Å². The molecule has 0 unspecified atom stereocenters. The van der Waals surface area contributed by atoms with Gasteiger partial charge in [-0.1, -0.05) is 53.7 Å². The molecule has 4 rings (SSSR count). The summed E-state index contributed by atoms with van der Waals surface area (Å²) < 4.78 is 1.95. The molecule has 2 heterocycles. The minimum Gasteiger partial charge on any atom is -0.341 e. The number of rotatable bonds is 6. The molecular formula is C20H20ClN5OS. The molecule has 1 fully saturated rings. The lowest BCUT2D eigenvalue weighted by molar-refractivity contribution is -0.113. The van der Waals surface area contributed by atoms with E-state index >= 15 is 0 Å². The van der Waals surface area contributed by atoms with Crippen LogP contribution in [-0.2, 0) is 4.79 Å². The average molecular weight is 414 g/mol. The lowest BCUT2D eigenvalue weighted by atomic mass is 10.3. The number of halogens is 1. The van der Waals surface area contributed by atoms with Crippen LogP contribution < -0.4 is 10.2 Å². The fourth-order valence-corrected chi connectivity index (χ4v) is 4.13. The third kappa shape index (κ3) is 4.15. The lowest BCUT2D eigenvalue weighted by Gasteiger charge is -2.19. The molecule has 0 spiro atoms. The molecule has 1 aromatic heterocycles. The molecule has 0 saturated carbocycles. The summed E-state index contributed by atoms with van der Waals surface area (Å²) in [7, 11) is 0. The predicted molar refractivity (Wildman–Crippen MR) is 114 cm³/mol. The van der Waals surface area contributed by atoms with Crippen LogP contribution >= 0.6 is 23.4 Å². The summed E-state index contributed by atoms with van der Waals surface area (Å²) in [5, 5.41) is 12.9. The summed E-state index contributed by atoms with van der Waals surface area (Å²) in [5.41, 5.74) is 1.60. The van der Waals surface area contributed by atoms with Gasteiger partial charge in [-0.2, -0.15) is 0 Å². The number of benzene rings is 2. The van der Waals surface area contributed by atoms with E-state index in [2.05, 4.69) is 20.4 Å². The van der Waals surface area contributed by atoms with E-state index < -0.39 is 0 Å². The van der Waals surface area contributed by atoms with Crippen molar-refractivity contribution >= 4 is 40.9 Å². The maximum absolute atomic E-state index is 12.3. The number of thioether (sulfide) groups is 1. The number of hydrogen-bond acceptors (Lipinski definition) is 5. The Morgan fingerprint density at radius 1 is 1.04 bits per heavy atom. The zero-order valence-corrected chi connectivity index (χ0v) is 16.8. The number of para-hydroxylation sites is 2. The van der Waals surface area contributed by atoms with Crippen molar-refractivity contribution < 1.29 is 4.79 Å². The van der Waals surface area contributed by atoms with Gasteiger partial charge in [0.25, 0.3) is 0 Å². The second-order valence-corrected chi connectivity index (χ2v) is 7.82. The molecule has 144 valence electrons. The van der Waals surface area contributed by atoms with E-state index in [-0.39, 0.29) is 11.7 Å². The average Bonchev–Trinajstić information content (AvgIpc) is 3.37. The Bertz CT molecular complexity index is 956. The molecule has 0 aliphatic carbocycles. The lowest BCUT2D eigenvalue weighted by Crippen LogP contribution is -2.22. The summed E-state index contributed by atoms with van der Waals surface area (Å²) in [5.74, 6) is 0.918. The quantitative estimate of drug-likeness (QED) is 0.612. The molecule has 3 aromatic rings. The molecule has 6 nitrogen and oxygen atoms in total. The molecule has 1 aliphatic rings. The molecule has 28 heavy (non-hydrogen) atoms. The first-order valence-corrected chi connectivity index (χ1v) is 10.5. The van der Waals surface area contributed by atoms with E-state index in [1.165, 1.54) is 11.8 Å². The van der Waals surface area contributed by atoms with Gasteiger partial charge in [-0.25, -0.2) is 0 Å². The Morgan fingerprint density at radius 3 is 2.50 bits per heavy atom. The normalized spacial score (nSPS) is 13.7. The second kappa shape index (κ2) is 8.67. The van der Waals surface area contributed by atoms with Crippen molar-refractivity contribution in [3.05, 3.63) is 59.6 Å². The maximum atomic E-state index is 12.3. The number of aromatic nitrogens is 3. The van der Waals surface area contributed by atoms with Crippen LogP contribution in [-0.4, -0.2) is 39.5 Å². The van der Waals surface area contributed by atoms with E-state index in [1.807, 2.05) is 59.2 Å². The summed E-state index contributed by atoms with van der Waals surface area (Å²) in [6.07, 6.45) is 2.27. The van der Waals surface area contributed by atoms with Gasteiger partial charge in [0.2, 0.25) is 11.9 Å². The SMILES string of the molecule is O=C(CSc1nnc(N2CCCC2)n1-c1ccccc1Cl)Nc1ccccc1. The zero-order valence-electron chi connectivity index (χ0n) is 15.2.